The van der Waals surface area contributed by atoms with Crippen molar-refractivity contribution in [1.29, 1.82) is 0 Å². The molecule has 2 heterocycles. The summed E-state index contributed by atoms with van der Waals surface area (Å²) in [6.07, 6.45) is 3.71. The lowest BCUT2D eigenvalue weighted by Gasteiger charge is -2.11. The molecule has 3 nitrogen and oxygen atoms in total. The zero-order valence-electron chi connectivity index (χ0n) is 13.9. The third-order valence-corrected chi connectivity index (χ3v) is 4.27. The predicted molar refractivity (Wildman–Crippen MR) is 96.0 cm³/mol. The molecule has 130 valence electrons. The van der Waals surface area contributed by atoms with Crippen LogP contribution in [0.3, 0.4) is 0 Å². The number of aromatic amines is 1. The Balaban J connectivity index is 1.56. The monoisotopic (exact) mass is 350 g/mol. The number of ether oxygens (including phenoxy) is 1. The highest BCUT2D eigenvalue weighted by Gasteiger charge is 2.13. The Morgan fingerprint density at radius 2 is 1.77 bits per heavy atom. The number of H-pyrrole nitrogens is 1. The fourth-order valence-electron chi connectivity index (χ4n) is 2.93. The average Bonchev–Trinajstić information content (AvgIpc) is 3.14. The number of nitrogens with zero attached hydrogens (tertiary/aromatic N) is 1. The number of rotatable bonds is 5. The fourth-order valence-corrected chi connectivity index (χ4v) is 2.93. The van der Waals surface area contributed by atoms with Gasteiger partial charge in [0.2, 0.25) is 0 Å². The Labute approximate surface area is 149 Å². The number of nitrogens with one attached hydrogen (secondary N) is 1. The van der Waals surface area contributed by atoms with E-state index in [4.69, 9.17) is 4.74 Å². The normalized spacial score (nSPS) is 11.0. The lowest BCUT2D eigenvalue weighted by atomic mass is 10.0. The summed E-state index contributed by atoms with van der Waals surface area (Å²) in [5.74, 6) is -1.15. The van der Waals surface area contributed by atoms with Crippen LogP contribution in [0.15, 0.2) is 67.0 Å². The van der Waals surface area contributed by atoms with Crippen LogP contribution >= 0.6 is 0 Å². The highest BCUT2D eigenvalue weighted by atomic mass is 19.1. The molecular formula is C21H16F2N2O. The number of benzene rings is 2. The van der Waals surface area contributed by atoms with Crippen molar-refractivity contribution in [3.63, 3.8) is 0 Å². The molecular weight excluding hydrogens is 334 g/mol. The van der Waals surface area contributed by atoms with Crippen LogP contribution in [-0.4, -0.2) is 9.97 Å². The molecule has 0 aliphatic heterocycles. The van der Waals surface area contributed by atoms with E-state index >= 15 is 0 Å². The molecule has 4 rings (SSSR count). The lowest BCUT2D eigenvalue weighted by Crippen LogP contribution is -2.01. The first kappa shape index (κ1) is 16.3. The molecule has 0 unspecified atom stereocenters. The van der Waals surface area contributed by atoms with E-state index in [-0.39, 0.29) is 24.3 Å². The first-order chi connectivity index (χ1) is 12.7. The number of hydrogen-bond acceptors (Lipinski definition) is 2. The Hall–Kier alpha value is -3.21. The van der Waals surface area contributed by atoms with Crippen LogP contribution in [0.1, 0.15) is 16.7 Å². The SMILES string of the molecule is Fc1cc(OCc2ccccc2)c(F)cc1Cc1ccnc2[nH]ccc12. The molecule has 2 aromatic carbocycles. The van der Waals surface area contributed by atoms with Gasteiger partial charge in [-0.2, -0.15) is 0 Å². The maximum absolute atomic E-state index is 14.5. The fraction of sp³-hybridized carbons (Fsp3) is 0.0952. The number of aromatic nitrogens is 2. The Bertz CT molecular complexity index is 1040. The van der Waals surface area contributed by atoms with Crippen LogP contribution in [0.5, 0.6) is 5.75 Å². The topological polar surface area (TPSA) is 37.9 Å². The van der Waals surface area contributed by atoms with E-state index in [2.05, 4.69) is 9.97 Å². The van der Waals surface area contributed by atoms with E-state index in [1.54, 1.807) is 12.4 Å². The number of fused-ring (bicyclic) bond motifs is 1. The molecule has 0 amide bonds. The molecule has 5 heteroatoms. The van der Waals surface area contributed by atoms with Crippen molar-refractivity contribution in [2.45, 2.75) is 13.0 Å². The molecule has 0 saturated carbocycles. The van der Waals surface area contributed by atoms with Crippen LogP contribution in [-0.2, 0) is 13.0 Å². The first-order valence-corrected chi connectivity index (χ1v) is 8.26. The molecule has 0 bridgehead atoms. The largest absolute Gasteiger partial charge is 0.486 e. The van der Waals surface area contributed by atoms with Gasteiger partial charge >= 0.3 is 0 Å². The van der Waals surface area contributed by atoms with E-state index in [9.17, 15) is 8.78 Å². The van der Waals surface area contributed by atoms with Gasteiger partial charge in [-0.3, -0.25) is 0 Å². The minimum atomic E-state index is -0.573. The van der Waals surface area contributed by atoms with Gasteiger partial charge in [-0.15, -0.1) is 0 Å². The summed E-state index contributed by atoms with van der Waals surface area (Å²) in [5.41, 5.74) is 2.78. The summed E-state index contributed by atoms with van der Waals surface area (Å²) in [6.45, 7) is 0.185. The van der Waals surface area contributed by atoms with E-state index in [1.165, 1.54) is 6.07 Å². The summed E-state index contributed by atoms with van der Waals surface area (Å²) >= 11 is 0. The zero-order valence-corrected chi connectivity index (χ0v) is 13.9. The standard InChI is InChI=1S/C21H16F2N2O/c22-18-12-20(26-13-14-4-2-1-3-5-14)19(23)11-16(18)10-15-6-8-24-21-17(15)7-9-25-21/h1-9,11-12H,10,13H2,(H,24,25). The molecule has 2 aromatic heterocycles. The number of pyridine rings is 1. The van der Waals surface area contributed by atoms with Gasteiger partial charge in [0.15, 0.2) is 11.6 Å². The summed E-state index contributed by atoms with van der Waals surface area (Å²) in [7, 11) is 0. The van der Waals surface area contributed by atoms with Crippen molar-refractivity contribution in [3.05, 3.63) is 95.3 Å². The summed E-state index contributed by atoms with van der Waals surface area (Å²) in [6, 6.07) is 15.4. The van der Waals surface area contributed by atoms with Crippen molar-refractivity contribution in [1.82, 2.24) is 9.97 Å². The molecule has 0 aliphatic rings. The van der Waals surface area contributed by atoms with Gasteiger partial charge < -0.3 is 9.72 Å². The molecule has 26 heavy (non-hydrogen) atoms. The maximum atomic E-state index is 14.5. The lowest BCUT2D eigenvalue weighted by molar-refractivity contribution is 0.288. The second-order valence-corrected chi connectivity index (χ2v) is 6.04. The van der Waals surface area contributed by atoms with Crippen molar-refractivity contribution < 1.29 is 13.5 Å². The van der Waals surface area contributed by atoms with Crippen molar-refractivity contribution in [2.24, 2.45) is 0 Å². The second kappa shape index (κ2) is 6.96. The third-order valence-electron chi connectivity index (χ3n) is 4.27. The summed E-state index contributed by atoms with van der Waals surface area (Å²) in [4.78, 5) is 7.22. The van der Waals surface area contributed by atoms with Crippen molar-refractivity contribution in [2.75, 3.05) is 0 Å². The molecule has 0 fully saturated rings. The van der Waals surface area contributed by atoms with Gasteiger partial charge in [0.05, 0.1) is 0 Å². The number of hydrogen-bond donors (Lipinski definition) is 1. The van der Waals surface area contributed by atoms with Gasteiger partial charge in [0, 0.05) is 30.3 Å². The molecule has 0 aliphatic carbocycles. The highest BCUT2D eigenvalue weighted by Crippen LogP contribution is 2.26. The smallest absolute Gasteiger partial charge is 0.165 e. The van der Waals surface area contributed by atoms with Crippen molar-refractivity contribution in [3.8, 4) is 5.75 Å². The van der Waals surface area contributed by atoms with E-state index in [0.717, 1.165) is 28.2 Å². The zero-order chi connectivity index (χ0) is 17.9. The van der Waals surface area contributed by atoms with Crippen LogP contribution in [0.4, 0.5) is 8.78 Å². The minimum Gasteiger partial charge on any atom is -0.486 e. The van der Waals surface area contributed by atoms with Gasteiger partial charge in [0.1, 0.15) is 18.1 Å². The Morgan fingerprint density at radius 1 is 0.923 bits per heavy atom. The average molecular weight is 350 g/mol. The minimum absolute atomic E-state index is 0.0865. The van der Waals surface area contributed by atoms with Gasteiger partial charge in [-0.25, -0.2) is 13.8 Å². The van der Waals surface area contributed by atoms with Gasteiger partial charge in [-0.05, 0) is 34.9 Å². The molecule has 1 N–H and O–H groups in total. The van der Waals surface area contributed by atoms with Gasteiger partial charge in [-0.1, -0.05) is 30.3 Å². The molecule has 4 aromatic rings. The van der Waals surface area contributed by atoms with Crippen molar-refractivity contribution >= 4 is 11.0 Å². The summed E-state index contributed by atoms with van der Waals surface area (Å²) < 4.78 is 34.3. The molecule has 0 saturated heterocycles. The highest BCUT2D eigenvalue weighted by molar-refractivity contribution is 5.79. The Morgan fingerprint density at radius 3 is 2.62 bits per heavy atom. The second-order valence-electron chi connectivity index (χ2n) is 6.04. The molecule has 0 spiro atoms. The van der Waals surface area contributed by atoms with Crippen LogP contribution in [0.2, 0.25) is 0 Å². The van der Waals surface area contributed by atoms with Crippen LogP contribution in [0.25, 0.3) is 11.0 Å². The predicted octanol–water partition coefficient (Wildman–Crippen LogP) is 5.01. The Kier molecular flexibility index (Phi) is 4.35. The maximum Gasteiger partial charge on any atom is 0.165 e. The summed E-state index contributed by atoms with van der Waals surface area (Å²) in [5, 5.41) is 0.900. The van der Waals surface area contributed by atoms with E-state index < -0.39 is 11.6 Å². The van der Waals surface area contributed by atoms with Crippen LogP contribution in [0, 0.1) is 11.6 Å². The van der Waals surface area contributed by atoms with Gasteiger partial charge in [0.25, 0.3) is 0 Å². The van der Waals surface area contributed by atoms with E-state index in [0.29, 0.717) is 0 Å². The quantitative estimate of drug-likeness (QED) is 0.549. The first-order valence-electron chi connectivity index (χ1n) is 8.26. The number of halogens is 2. The molecule has 0 atom stereocenters. The van der Waals surface area contributed by atoms with E-state index in [1.807, 2.05) is 42.5 Å². The third kappa shape index (κ3) is 3.28. The molecule has 0 radical (unpaired) electrons. The van der Waals surface area contributed by atoms with Crippen LogP contribution < -0.4 is 4.74 Å².